The summed E-state index contributed by atoms with van der Waals surface area (Å²) in [5.74, 6) is 0.826. The molecule has 5 nitrogen and oxygen atoms in total. The molecule has 0 radical (unpaired) electrons. The molecule has 1 heterocycles. The maximum absolute atomic E-state index is 13.0. The minimum atomic E-state index is -0.305. The molecule has 3 rings (SSSR count). The Labute approximate surface area is 144 Å². The predicted octanol–water partition coefficient (Wildman–Crippen LogP) is 4.15. The van der Waals surface area contributed by atoms with E-state index in [1.54, 1.807) is 12.1 Å². The third-order valence-electron chi connectivity index (χ3n) is 3.66. The second-order valence-corrected chi connectivity index (χ2v) is 5.53. The Morgan fingerprint density at radius 3 is 2.56 bits per heavy atom. The summed E-state index contributed by atoms with van der Waals surface area (Å²) >= 11 is 0. The zero-order chi connectivity index (χ0) is 17.6. The molecule has 1 aromatic heterocycles. The van der Waals surface area contributed by atoms with Gasteiger partial charge in [-0.05, 0) is 43.3 Å². The summed E-state index contributed by atoms with van der Waals surface area (Å²) in [6.45, 7) is 2.24. The summed E-state index contributed by atoms with van der Waals surface area (Å²) in [5, 5.41) is 5.53. The summed E-state index contributed by atoms with van der Waals surface area (Å²) in [4.78, 5) is 16.3. The highest BCUT2D eigenvalue weighted by molar-refractivity contribution is 5.89. The molecule has 2 N–H and O–H groups in total. The molecule has 0 fully saturated rings. The van der Waals surface area contributed by atoms with Crippen LogP contribution in [0.4, 0.5) is 14.9 Å². The highest BCUT2D eigenvalue weighted by Gasteiger charge is 2.12. The molecule has 0 spiro atoms. The quantitative estimate of drug-likeness (QED) is 0.734. The Morgan fingerprint density at radius 2 is 1.84 bits per heavy atom. The lowest BCUT2D eigenvalue weighted by Gasteiger charge is -2.06. The fourth-order valence-electron chi connectivity index (χ4n) is 2.37. The molecule has 0 aliphatic carbocycles. The summed E-state index contributed by atoms with van der Waals surface area (Å²) < 4.78 is 18.6. The zero-order valence-electron chi connectivity index (χ0n) is 13.8. The topological polar surface area (TPSA) is 67.2 Å². The van der Waals surface area contributed by atoms with Crippen molar-refractivity contribution in [2.75, 3.05) is 11.9 Å². The van der Waals surface area contributed by atoms with Crippen molar-refractivity contribution in [1.29, 1.82) is 0 Å². The molecule has 0 saturated heterocycles. The van der Waals surface area contributed by atoms with Crippen LogP contribution in [0.3, 0.4) is 0 Å². The number of carbonyl (C=O) groups excluding carboxylic acids is 1. The lowest BCUT2D eigenvalue weighted by atomic mass is 10.2. The summed E-state index contributed by atoms with van der Waals surface area (Å²) in [6, 6.07) is 14.9. The lowest BCUT2D eigenvalue weighted by Crippen LogP contribution is -2.30. The van der Waals surface area contributed by atoms with Crippen LogP contribution in [-0.4, -0.2) is 17.6 Å². The molecular formula is C19H18FN3O2. The van der Waals surface area contributed by atoms with E-state index in [9.17, 15) is 9.18 Å². The second-order valence-electron chi connectivity index (χ2n) is 5.53. The third kappa shape index (κ3) is 4.44. The average Bonchev–Trinajstić information content (AvgIpc) is 2.97. The fourth-order valence-corrected chi connectivity index (χ4v) is 2.37. The molecule has 0 aliphatic rings. The lowest BCUT2D eigenvalue weighted by molar-refractivity contribution is 0.252. The van der Waals surface area contributed by atoms with Gasteiger partial charge in [-0.25, -0.2) is 14.2 Å². The second kappa shape index (κ2) is 7.61. The van der Waals surface area contributed by atoms with Crippen LogP contribution in [-0.2, 0) is 6.42 Å². The first kappa shape index (κ1) is 16.7. The van der Waals surface area contributed by atoms with Crippen LogP contribution in [0.5, 0.6) is 0 Å². The number of nitrogens with one attached hydrogen (secondary N) is 2. The van der Waals surface area contributed by atoms with E-state index in [0.717, 1.165) is 11.4 Å². The van der Waals surface area contributed by atoms with E-state index in [-0.39, 0.29) is 11.8 Å². The van der Waals surface area contributed by atoms with Gasteiger partial charge >= 0.3 is 6.03 Å². The number of oxazole rings is 1. The molecule has 2 amide bonds. The Hall–Kier alpha value is -3.15. The highest BCUT2D eigenvalue weighted by Crippen LogP contribution is 2.22. The van der Waals surface area contributed by atoms with Crippen molar-refractivity contribution < 1.29 is 13.6 Å². The maximum Gasteiger partial charge on any atom is 0.319 e. The summed E-state index contributed by atoms with van der Waals surface area (Å²) in [7, 11) is 0. The van der Waals surface area contributed by atoms with Crippen LogP contribution >= 0.6 is 0 Å². The Balaban J connectivity index is 1.55. The van der Waals surface area contributed by atoms with Crippen molar-refractivity contribution in [2.45, 2.75) is 13.3 Å². The molecule has 0 atom stereocenters. The number of anilines is 1. The predicted molar refractivity (Wildman–Crippen MR) is 93.8 cm³/mol. The standard InChI is InChI=1S/C19H18FN3O2/c1-13-17(23-18(25-13)14-7-9-15(20)10-8-14)11-12-21-19(24)22-16-5-3-2-4-6-16/h2-10H,11-12H2,1H3,(H2,21,22,24). The number of hydrogen-bond donors (Lipinski definition) is 2. The van der Waals surface area contributed by atoms with Gasteiger partial charge in [0, 0.05) is 24.2 Å². The minimum absolute atomic E-state index is 0.272. The largest absolute Gasteiger partial charge is 0.441 e. The Bertz CT molecular complexity index is 845. The van der Waals surface area contributed by atoms with E-state index < -0.39 is 0 Å². The molecule has 0 unspecified atom stereocenters. The van der Waals surface area contributed by atoms with Crippen LogP contribution in [0.15, 0.2) is 59.0 Å². The summed E-state index contributed by atoms with van der Waals surface area (Å²) in [6.07, 6.45) is 0.540. The van der Waals surface area contributed by atoms with Crippen LogP contribution in [0.25, 0.3) is 11.5 Å². The number of rotatable bonds is 5. The van der Waals surface area contributed by atoms with Gasteiger partial charge in [-0.3, -0.25) is 0 Å². The van der Waals surface area contributed by atoms with Gasteiger partial charge in [-0.15, -0.1) is 0 Å². The van der Waals surface area contributed by atoms with E-state index in [2.05, 4.69) is 15.6 Å². The van der Waals surface area contributed by atoms with Crippen LogP contribution < -0.4 is 10.6 Å². The first-order valence-corrected chi connectivity index (χ1v) is 7.94. The number of benzene rings is 2. The number of aryl methyl sites for hydroxylation is 1. The number of amides is 2. The number of para-hydroxylation sites is 1. The smallest absolute Gasteiger partial charge is 0.319 e. The van der Waals surface area contributed by atoms with Crippen molar-refractivity contribution in [2.24, 2.45) is 0 Å². The van der Waals surface area contributed by atoms with Gasteiger partial charge in [0.2, 0.25) is 5.89 Å². The van der Waals surface area contributed by atoms with E-state index in [1.165, 1.54) is 12.1 Å². The van der Waals surface area contributed by atoms with Crippen molar-refractivity contribution in [1.82, 2.24) is 10.3 Å². The van der Waals surface area contributed by atoms with Gasteiger partial charge in [-0.1, -0.05) is 18.2 Å². The molecule has 0 aliphatic heterocycles. The van der Waals surface area contributed by atoms with Crippen LogP contribution in [0, 0.1) is 12.7 Å². The van der Waals surface area contributed by atoms with Gasteiger partial charge in [0.15, 0.2) is 0 Å². The number of carbonyl (C=O) groups is 1. The fraction of sp³-hybridized carbons (Fsp3) is 0.158. The van der Waals surface area contributed by atoms with E-state index in [4.69, 9.17) is 4.42 Å². The first-order valence-electron chi connectivity index (χ1n) is 7.94. The van der Waals surface area contributed by atoms with E-state index in [1.807, 2.05) is 37.3 Å². The number of nitrogens with zero attached hydrogens (tertiary/aromatic N) is 1. The molecule has 2 aromatic carbocycles. The molecule has 0 saturated carbocycles. The van der Waals surface area contributed by atoms with Crippen molar-refractivity contribution in [3.8, 4) is 11.5 Å². The van der Waals surface area contributed by atoms with Crippen LogP contribution in [0.1, 0.15) is 11.5 Å². The number of hydrogen-bond acceptors (Lipinski definition) is 3. The molecule has 3 aromatic rings. The maximum atomic E-state index is 13.0. The SMILES string of the molecule is Cc1oc(-c2ccc(F)cc2)nc1CCNC(=O)Nc1ccccc1. The van der Waals surface area contributed by atoms with Crippen LogP contribution in [0.2, 0.25) is 0 Å². The van der Waals surface area contributed by atoms with Gasteiger partial charge in [0.05, 0.1) is 5.69 Å². The average molecular weight is 339 g/mol. The van der Waals surface area contributed by atoms with Crippen molar-refractivity contribution in [3.05, 3.63) is 71.9 Å². The van der Waals surface area contributed by atoms with Gasteiger partial charge in [-0.2, -0.15) is 0 Å². The molecule has 25 heavy (non-hydrogen) atoms. The number of halogens is 1. The molecule has 6 heteroatoms. The van der Waals surface area contributed by atoms with E-state index >= 15 is 0 Å². The van der Waals surface area contributed by atoms with Gasteiger partial charge in [0.1, 0.15) is 11.6 Å². The monoisotopic (exact) mass is 339 g/mol. The van der Waals surface area contributed by atoms with Crippen molar-refractivity contribution in [3.63, 3.8) is 0 Å². The van der Waals surface area contributed by atoms with Gasteiger partial charge < -0.3 is 15.1 Å². The Morgan fingerprint density at radius 1 is 1.12 bits per heavy atom. The zero-order valence-corrected chi connectivity index (χ0v) is 13.8. The number of urea groups is 1. The Kier molecular flexibility index (Phi) is 5.09. The van der Waals surface area contributed by atoms with Crippen molar-refractivity contribution >= 4 is 11.7 Å². The molecular weight excluding hydrogens is 321 g/mol. The summed E-state index contributed by atoms with van der Waals surface area (Å²) in [5.41, 5.74) is 2.21. The third-order valence-corrected chi connectivity index (χ3v) is 3.66. The molecule has 128 valence electrons. The molecule has 0 bridgehead atoms. The first-order chi connectivity index (χ1) is 12.1. The van der Waals surface area contributed by atoms with Gasteiger partial charge in [0.25, 0.3) is 0 Å². The normalized spacial score (nSPS) is 10.5. The highest BCUT2D eigenvalue weighted by atomic mass is 19.1. The minimum Gasteiger partial charge on any atom is -0.441 e. The van der Waals surface area contributed by atoms with E-state index in [0.29, 0.717) is 30.2 Å². The number of aromatic nitrogens is 1.